The van der Waals surface area contributed by atoms with E-state index in [1.165, 1.54) is 0 Å². The first-order valence-corrected chi connectivity index (χ1v) is 4.44. The number of carbonyl (C=O) groups excluding carboxylic acids is 1. The number of nitrogens with two attached hydrogens (primary N) is 1. The molecule has 0 spiro atoms. The predicted octanol–water partition coefficient (Wildman–Crippen LogP) is 1.96. The Labute approximate surface area is 75.1 Å². The van der Waals surface area contributed by atoms with E-state index in [4.69, 9.17) is 5.73 Å². The maximum absolute atomic E-state index is 10.8. The highest BCUT2D eigenvalue weighted by Gasteiger charge is 2.04. The Bertz CT molecular complexity index is 151. The van der Waals surface area contributed by atoms with Gasteiger partial charge >= 0.3 is 0 Å². The Balaban J connectivity index is 0. The maximum atomic E-state index is 10.8. The van der Waals surface area contributed by atoms with Crippen molar-refractivity contribution >= 4 is 11.7 Å². The quantitative estimate of drug-likeness (QED) is 0.511. The first kappa shape index (κ1) is 13.7. The summed E-state index contributed by atoms with van der Waals surface area (Å²) < 4.78 is 0. The van der Waals surface area contributed by atoms with Gasteiger partial charge in [-0.1, -0.05) is 34.6 Å². The van der Waals surface area contributed by atoms with E-state index in [2.05, 4.69) is 4.99 Å². The molecule has 72 valence electrons. The van der Waals surface area contributed by atoms with Crippen molar-refractivity contribution in [1.82, 2.24) is 0 Å². The molecule has 3 heteroatoms. The van der Waals surface area contributed by atoms with Crippen LogP contribution in [0.1, 0.15) is 41.0 Å². The summed E-state index contributed by atoms with van der Waals surface area (Å²) in [4.78, 5) is 14.5. The van der Waals surface area contributed by atoms with Crippen LogP contribution in [0, 0.1) is 5.92 Å². The molecule has 3 nitrogen and oxygen atoms in total. The van der Waals surface area contributed by atoms with E-state index in [-0.39, 0.29) is 11.8 Å². The molecule has 1 amide bonds. The average Bonchev–Trinajstić information content (AvgIpc) is 2.07. The Morgan fingerprint density at radius 2 is 1.83 bits per heavy atom. The molecule has 0 aliphatic rings. The lowest BCUT2D eigenvalue weighted by atomic mass is 10.2. The summed E-state index contributed by atoms with van der Waals surface area (Å²) in [5, 5.41) is 0. The largest absolute Gasteiger partial charge is 0.387 e. The fourth-order valence-electron chi connectivity index (χ4n) is 0.350. The van der Waals surface area contributed by atoms with E-state index in [1.54, 1.807) is 13.8 Å². The summed E-state index contributed by atoms with van der Waals surface area (Å²) in [6, 6.07) is 0. The number of amidine groups is 1. The van der Waals surface area contributed by atoms with Crippen molar-refractivity contribution in [2.24, 2.45) is 16.6 Å². The van der Waals surface area contributed by atoms with Crippen molar-refractivity contribution in [3.63, 3.8) is 0 Å². The van der Waals surface area contributed by atoms with Crippen molar-refractivity contribution in [2.75, 3.05) is 0 Å². The van der Waals surface area contributed by atoms with Gasteiger partial charge in [0.1, 0.15) is 5.84 Å². The van der Waals surface area contributed by atoms with Crippen molar-refractivity contribution < 1.29 is 4.79 Å². The molecule has 0 aromatic heterocycles. The molecule has 0 fully saturated rings. The Morgan fingerprint density at radius 1 is 1.42 bits per heavy atom. The minimum atomic E-state index is -0.139. The topological polar surface area (TPSA) is 55.4 Å². The van der Waals surface area contributed by atoms with Gasteiger partial charge in [-0.05, 0) is 0 Å². The minimum Gasteiger partial charge on any atom is -0.387 e. The maximum Gasteiger partial charge on any atom is 0.249 e. The molecule has 0 heterocycles. The molecule has 0 aliphatic heterocycles. The normalized spacial score (nSPS) is 10.7. The average molecular weight is 172 g/mol. The second kappa shape index (κ2) is 8.24. The molecule has 0 saturated heterocycles. The van der Waals surface area contributed by atoms with E-state index < -0.39 is 0 Å². The molecule has 12 heavy (non-hydrogen) atoms. The molecule has 0 radical (unpaired) electrons. The van der Waals surface area contributed by atoms with Crippen LogP contribution in [0.15, 0.2) is 4.99 Å². The van der Waals surface area contributed by atoms with Crippen LogP contribution in [0.5, 0.6) is 0 Å². The molecule has 0 aromatic carbocycles. The van der Waals surface area contributed by atoms with Crippen LogP contribution in [0.25, 0.3) is 0 Å². The summed E-state index contributed by atoms with van der Waals surface area (Å²) in [5.74, 6) is 0.225. The molecular weight excluding hydrogens is 152 g/mol. The third-order valence-electron chi connectivity index (χ3n) is 1.11. The van der Waals surface area contributed by atoms with Crippen LogP contribution < -0.4 is 5.73 Å². The fourth-order valence-corrected chi connectivity index (χ4v) is 0.350. The van der Waals surface area contributed by atoms with E-state index in [0.29, 0.717) is 12.3 Å². The van der Waals surface area contributed by atoms with Crippen LogP contribution >= 0.6 is 0 Å². The molecule has 2 N–H and O–H groups in total. The van der Waals surface area contributed by atoms with Crippen LogP contribution in [-0.2, 0) is 4.79 Å². The van der Waals surface area contributed by atoms with Crippen LogP contribution in [0.2, 0.25) is 0 Å². The lowest BCUT2D eigenvalue weighted by Crippen LogP contribution is -2.15. The van der Waals surface area contributed by atoms with Crippen molar-refractivity contribution in [2.45, 2.75) is 41.0 Å². The number of hydrogen-bond acceptors (Lipinski definition) is 1. The van der Waals surface area contributed by atoms with E-state index in [9.17, 15) is 4.79 Å². The Hall–Kier alpha value is -0.860. The van der Waals surface area contributed by atoms with Gasteiger partial charge in [-0.25, -0.2) is 4.99 Å². The summed E-state index contributed by atoms with van der Waals surface area (Å²) >= 11 is 0. The van der Waals surface area contributed by atoms with Gasteiger partial charge < -0.3 is 5.73 Å². The zero-order valence-corrected chi connectivity index (χ0v) is 8.72. The van der Waals surface area contributed by atoms with Crippen LogP contribution in [-0.4, -0.2) is 11.7 Å². The van der Waals surface area contributed by atoms with Gasteiger partial charge in [-0.2, -0.15) is 0 Å². The van der Waals surface area contributed by atoms with Gasteiger partial charge in [0.25, 0.3) is 0 Å². The summed E-state index contributed by atoms with van der Waals surface area (Å²) in [6.07, 6.45) is 0.637. The zero-order chi connectivity index (χ0) is 10.1. The molecule has 0 bridgehead atoms. The highest BCUT2D eigenvalue weighted by Crippen LogP contribution is 1.95. The van der Waals surface area contributed by atoms with Crippen LogP contribution in [0.4, 0.5) is 0 Å². The van der Waals surface area contributed by atoms with E-state index in [1.807, 2.05) is 20.8 Å². The molecule has 0 rings (SSSR count). The predicted molar refractivity (Wildman–Crippen MR) is 53.1 cm³/mol. The van der Waals surface area contributed by atoms with E-state index >= 15 is 0 Å². The number of nitrogens with zero attached hydrogens (tertiary/aromatic N) is 1. The van der Waals surface area contributed by atoms with Crippen LogP contribution in [0.3, 0.4) is 0 Å². The van der Waals surface area contributed by atoms with Gasteiger partial charge in [-0.3, -0.25) is 4.79 Å². The second-order valence-corrected chi connectivity index (χ2v) is 2.45. The molecule has 0 aliphatic carbocycles. The third-order valence-corrected chi connectivity index (χ3v) is 1.11. The van der Waals surface area contributed by atoms with E-state index in [0.717, 1.165) is 0 Å². The highest BCUT2D eigenvalue weighted by atomic mass is 16.1. The molecule has 0 aromatic rings. The fraction of sp³-hybridized carbons (Fsp3) is 0.778. The van der Waals surface area contributed by atoms with Gasteiger partial charge in [0.15, 0.2) is 0 Å². The summed E-state index contributed by atoms with van der Waals surface area (Å²) in [7, 11) is 0. The first-order chi connectivity index (χ1) is 5.57. The summed E-state index contributed by atoms with van der Waals surface area (Å²) in [6.45, 7) is 9.47. The summed E-state index contributed by atoms with van der Waals surface area (Å²) in [5.41, 5.74) is 5.34. The Kier molecular flexibility index (Phi) is 9.41. The molecule has 0 atom stereocenters. The van der Waals surface area contributed by atoms with Crippen molar-refractivity contribution in [1.29, 1.82) is 0 Å². The zero-order valence-electron chi connectivity index (χ0n) is 8.72. The van der Waals surface area contributed by atoms with Gasteiger partial charge in [0, 0.05) is 12.3 Å². The SMILES string of the molecule is CC.CCC(N)=NC(=O)C(C)C. The molecule has 0 unspecified atom stereocenters. The number of rotatable bonds is 2. The lowest BCUT2D eigenvalue weighted by molar-refractivity contribution is -0.120. The molecule has 0 saturated carbocycles. The highest BCUT2D eigenvalue weighted by molar-refractivity contribution is 5.94. The first-order valence-electron chi connectivity index (χ1n) is 4.44. The third kappa shape index (κ3) is 7.25. The minimum absolute atomic E-state index is 0.0508. The van der Waals surface area contributed by atoms with Gasteiger partial charge in [0.05, 0.1) is 0 Å². The number of aliphatic imine (C=N–C) groups is 1. The number of amides is 1. The smallest absolute Gasteiger partial charge is 0.249 e. The lowest BCUT2D eigenvalue weighted by Gasteiger charge is -1.97. The molecular formula is C9H20N2O. The second-order valence-electron chi connectivity index (χ2n) is 2.45. The van der Waals surface area contributed by atoms with Crippen molar-refractivity contribution in [3.8, 4) is 0 Å². The Morgan fingerprint density at radius 3 is 2.08 bits per heavy atom. The van der Waals surface area contributed by atoms with Gasteiger partial charge in [-0.15, -0.1) is 0 Å². The van der Waals surface area contributed by atoms with Gasteiger partial charge in [0.2, 0.25) is 5.91 Å². The number of carbonyl (C=O) groups is 1. The number of hydrogen-bond donors (Lipinski definition) is 1. The monoisotopic (exact) mass is 172 g/mol. The van der Waals surface area contributed by atoms with Crippen molar-refractivity contribution in [3.05, 3.63) is 0 Å². The standard InChI is InChI=1S/C7H14N2O.C2H6/c1-4-6(8)9-7(10)5(2)3;1-2/h5H,4H2,1-3H3,(H2,8,9,10);1-2H3.